The number of nitrogens with zero attached hydrogens (tertiary/aromatic N) is 1. The average molecular weight is 221 g/mol. The molecule has 0 spiro atoms. The van der Waals surface area contributed by atoms with E-state index in [1.165, 1.54) is 4.57 Å². The van der Waals surface area contributed by atoms with Gasteiger partial charge in [0.25, 0.3) is 0 Å². The molecule has 0 aliphatic carbocycles. The fraction of sp³-hybridized carbons (Fsp3) is 0.273. The Morgan fingerprint density at radius 3 is 2.67 bits per heavy atom. The number of aromatic nitrogens is 1. The molecule has 1 aromatic heterocycles. The van der Waals surface area contributed by atoms with Gasteiger partial charge in [-0.1, -0.05) is 18.3 Å². The number of rotatable bonds is 0. The van der Waals surface area contributed by atoms with Gasteiger partial charge in [-0.05, 0) is 31.0 Å². The van der Waals surface area contributed by atoms with Crippen LogP contribution in [0.1, 0.15) is 11.1 Å². The van der Waals surface area contributed by atoms with Gasteiger partial charge in [0.1, 0.15) is 10.2 Å². The summed E-state index contributed by atoms with van der Waals surface area (Å²) in [6.07, 6.45) is 0. The molecule has 0 atom stereocenters. The molecule has 0 radical (unpaired) electrons. The van der Waals surface area contributed by atoms with E-state index in [2.05, 4.69) is 0 Å². The van der Waals surface area contributed by atoms with Crippen molar-refractivity contribution >= 4 is 23.2 Å². The molecule has 1 heterocycles. The highest BCUT2D eigenvalue weighted by Gasteiger charge is 2.07. The van der Waals surface area contributed by atoms with Crippen molar-refractivity contribution in [3.05, 3.63) is 38.5 Å². The normalized spacial score (nSPS) is 10.9. The number of aryl methyl sites for hydroxylation is 2. The third-order valence-corrected chi connectivity index (χ3v) is 3.17. The van der Waals surface area contributed by atoms with Gasteiger partial charge in [0.15, 0.2) is 0 Å². The molecule has 0 aliphatic rings. The molecule has 0 fully saturated rings. The quantitative estimate of drug-likeness (QED) is 0.641. The van der Waals surface area contributed by atoms with E-state index in [4.69, 9.17) is 16.6 Å². The van der Waals surface area contributed by atoms with Crippen molar-refractivity contribution in [1.82, 2.24) is 4.57 Å². The van der Waals surface area contributed by atoms with Gasteiger partial charge >= 0.3 is 5.76 Å². The summed E-state index contributed by atoms with van der Waals surface area (Å²) < 4.78 is 7.08. The topological polar surface area (TPSA) is 35.1 Å². The molecule has 0 unspecified atom stereocenters. The molecule has 3 nitrogen and oxygen atoms in total. The molecule has 1 aromatic carbocycles. The predicted octanol–water partition coefficient (Wildman–Crippen LogP) is 2.48. The van der Waals surface area contributed by atoms with Gasteiger partial charge in [0.2, 0.25) is 0 Å². The zero-order chi connectivity index (χ0) is 11.2. The Bertz CT molecular complexity index is 652. The number of hydrogen-bond acceptors (Lipinski definition) is 3. The van der Waals surface area contributed by atoms with E-state index < -0.39 is 5.76 Å². The van der Waals surface area contributed by atoms with Gasteiger partial charge in [0.05, 0.1) is 5.39 Å². The van der Waals surface area contributed by atoms with Crippen molar-refractivity contribution in [2.75, 3.05) is 0 Å². The predicted molar refractivity (Wildman–Crippen MR) is 61.8 cm³/mol. The molecule has 0 amide bonds. The van der Waals surface area contributed by atoms with Crippen LogP contribution >= 0.6 is 12.2 Å². The SMILES string of the molecule is Cc1ccc2c(=S)n(C)c(=O)oc2c1C. The fourth-order valence-electron chi connectivity index (χ4n) is 1.51. The van der Waals surface area contributed by atoms with Crippen molar-refractivity contribution < 1.29 is 4.42 Å². The molecular weight excluding hydrogens is 210 g/mol. The number of fused-ring (bicyclic) bond motifs is 1. The van der Waals surface area contributed by atoms with Gasteiger partial charge in [0, 0.05) is 7.05 Å². The van der Waals surface area contributed by atoms with Crippen LogP contribution in [0.15, 0.2) is 21.3 Å². The second-order valence-corrected chi connectivity index (χ2v) is 4.00. The van der Waals surface area contributed by atoms with Crippen molar-refractivity contribution in [2.24, 2.45) is 7.05 Å². The monoisotopic (exact) mass is 221 g/mol. The van der Waals surface area contributed by atoms with E-state index in [1.54, 1.807) is 7.05 Å². The second-order valence-electron chi connectivity index (χ2n) is 3.62. The van der Waals surface area contributed by atoms with Crippen LogP contribution in [0, 0.1) is 18.5 Å². The Kier molecular flexibility index (Phi) is 2.23. The lowest BCUT2D eigenvalue weighted by Crippen LogP contribution is -2.16. The molecule has 15 heavy (non-hydrogen) atoms. The number of hydrogen-bond donors (Lipinski definition) is 0. The first-order chi connectivity index (χ1) is 7.02. The minimum absolute atomic E-state index is 0.416. The Morgan fingerprint density at radius 2 is 2.00 bits per heavy atom. The average Bonchev–Trinajstić information content (AvgIpc) is 2.21. The molecule has 0 bridgehead atoms. The minimum Gasteiger partial charge on any atom is -0.409 e. The molecular formula is C11H11NO2S. The molecule has 2 rings (SSSR count). The van der Waals surface area contributed by atoms with Crippen LogP contribution in [0.5, 0.6) is 0 Å². The first-order valence-electron chi connectivity index (χ1n) is 4.62. The second kappa shape index (κ2) is 3.31. The van der Waals surface area contributed by atoms with Gasteiger partial charge in [-0.2, -0.15) is 0 Å². The summed E-state index contributed by atoms with van der Waals surface area (Å²) in [4.78, 5) is 11.4. The van der Waals surface area contributed by atoms with E-state index in [0.717, 1.165) is 16.5 Å². The Hall–Kier alpha value is -1.42. The van der Waals surface area contributed by atoms with Crippen molar-refractivity contribution in [1.29, 1.82) is 0 Å². The standard InChI is InChI=1S/C11H11NO2S/c1-6-4-5-8-9(7(6)2)14-11(13)12(3)10(8)15/h4-5H,1-3H3. The lowest BCUT2D eigenvalue weighted by molar-refractivity contribution is 0.487. The Balaban J connectivity index is 3.13. The largest absolute Gasteiger partial charge is 0.420 e. The Morgan fingerprint density at radius 1 is 1.33 bits per heavy atom. The van der Waals surface area contributed by atoms with E-state index in [1.807, 2.05) is 26.0 Å². The van der Waals surface area contributed by atoms with E-state index in [9.17, 15) is 4.79 Å². The summed E-state index contributed by atoms with van der Waals surface area (Å²) in [5.41, 5.74) is 2.66. The summed E-state index contributed by atoms with van der Waals surface area (Å²) in [6, 6.07) is 3.87. The summed E-state index contributed by atoms with van der Waals surface area (Å²) >= 11 is 5.19. The van der Waals surface area contributed by atoms with Crippen LogP contribution in [0.2, 0.25) is 0 Å². The fourth-order valence-corrected chi connectivity index (χ4v) is 1.74. The molecule has 78 valence electrons. The first-order valence-corrected chi connectivity index (χ1v) is 5.03. The zero-order valence-electron chi connectivity index (χ0n) is 8.83. The molecule has 0 saturated heterocycles. The van der Waals surface area contributed by atoms with Crippen LogP contribution in [-0.2, 0) is 7.05 Å². The minimum atomic E-state index is -0.416. The molecule has 0 saturated carbocycles. The summed E-state index contributed by atoms with van der Waals surface area (Å²) in [7, 11) is 1.61. The zero-order valence-corrected chi connectivity index (χ0v) is 9.64. The van der Waals surface area contributed by atoms with Gasteiger partial charge < -0.3 is 4.42 Å². The molecule has 0 aliphatic heterocycles. The third kappa shape index (κ3) is 1.41. The maximum Gasteiger partial charge on any atom is 0.420 e. The highest BCUT2D eigenvalue weighted by atomic mass is 32.1. The van der Waals surface area contributed by atoms with Gasteiger partial charge in [-0.25, -0.2) is 4.79 Å². The van der Waals surface area contributed by atoms with Crippen LogP contribution in [-0.4, -0.2) is 4.57 Å². The summed E-state index contributed by atoms with van der Waals surface area (Å²) in [6.45, 7) is 3.90. The van der Waals surface area contributed by atoms with Crippen LogP contribution in [0.4, 0.5) is 0 Å². The molecule has 0 N–H and O–H groups in total. The van der Waals surface area contributed by atoms with Crippen LogP contribution < -0.4 is 5.76 Å². The lowest BCUT2D eigenvalue weighted by Gasteiger charge is -2.05. The maximum absolute atomic E-state index is 11.4. The summed E-state index contributed by atoms with van der Waals surface area (Å²) in [5, 5.41) is 0.815. The van der Waals surface area contributed by atoms with Crippen molar-refractivity contribution in [3.63, 3.8) is 0 Å². The lowest BCUT2D eigenvalue weighted by atomic mass is 10.1. The van der Waals surface area contributed by atoms with Crippen molar-refractivity contribution in [2.45, 2.75) is 13.8 Å². The highest BCUT2D eigenvalue weighted by Crippen LogP contribution is 2.20. The van der Waals surface area contributed by atoms with E-state index in [-0.39, 0.29) is 0 Å². The smallest absolute Gasteiger partial charge is 0.409 e. The maximum atomic E-state index is 11.4. The van der Waals surface area contributed by atoms with E-state index >= 15 is 0 Å². The summed E-state index contributed by atoms with van der Waals surface area (Å²) in [5.74, 6) is -0.416. The first kappa shape index (κ1) is 10.1. The molecule has 2 aromatic rings. The third-order valence-electron chi connectivity index (χ3n) is 2.68. The van der Waals surface area contributed by atoms with Crippen LogP contribution in [0.25, 0.3) is 11.0 Å². The van der Waals surface area contributed by atoms with Crippen LogP contribution in [0.3, 0.4) is 0 Å². The van der Waals surface area contributed by atoms with Gasteiger partial charge in [-0.3, -0.25) is 4.57 Å². The number of benzene rings is 1. The van der Waals surface area contributed by atoms with E-state index in [0.29, 0.717) is 10.2 Å². The molecule has 4 heteroatoms. The highest BCUT2D eigenvalue weighted by molar-refractivity contribution is 7.71. The Labute approximate surface area is 92.0 Å². The van der Waals surface area contributed by atoms with Crippen molar-refractivity contribution in [3.8, 4) is 0 Å². The van der Waals surface area contributed by atoms with Gasteiger partial charge in [-0.15, -0.1) is 0 Å².